The number of nitrogens with one attached hydrogen (secondary N) is 1. The average Bonchev–Trinajstić information content (AvgIpc) is 2.61. The number of hydrogen-bond donors (Lipinski definition) is 1. The zero-order chi connectivity index (χ0) is 18.7. The van der Waals surface area contributed by atoms with Gasteiger partial charge in [-0.2, -0.15) is 13.2 Å². The van der Waals surface area contributed by atoms with Gasteiger partial charge in [-0.05, 0) is 61.6 Å². The summed E-state index contributed by atoms with van der Waals surface area (Å²) in [5.41, 5.74) is 1.61. The maximum absolute atomic E-state index is 12.6. The normalized spacial score (nSPS) is 17.9. The van der Waals surface area contributed by atoms with Gasteiger partial charge < -0.3 is 10.1 Å². The van der Waals surface area contributed by atoms with Crippen molar-refractivity contribution in [3.8, 4) is 5.75 Å². The van der Waals surface area contributed by atoms with E-state index in [0.29, 0.717) is 0 Å². The summed E-state index contributed by atoms with van der Waals surface area (Å²) in [5.74, 6) is -0.0590. The fraction of sp³-hybridized carbons (Fsp3) is 0.350. The van der Waals surface area contributed by atoms with Crippen molar-refractivity contribution in [3.63, 3.8) is 0 Å². The van der Waals surface area contributed by atoms with E-state index in [-0.39, 0.29) is 17.7 Å². The second kappa shape index (κ2) is 7.40. The topological polar surface area (TPSA) is 38.3 Å². The van der Waals surface area contributed by atoms with Crippen LogP contribution in [-0.4, -0.2) is 12.0 Å². The zero-order valence-electron chi connectivity index (χ0n) is 14.3. The summed E-state index contributed by atoms with van der Waals surface area (Å²) in [6, 6.07) is 12.3. The van der Waals surface area contributed by atoms with Crippen molar-refractivity contribution in [1.29, 1.82) is 0 Å². The van der Waals surface area contributed by atoms with E-state index in [2.05, 4.69) is 11.4 Å². The zero-order valence-corrected chi connectivity index (χ0v) is 14.3. The number of hydrogen-bond acceptors (Lipinski definition) is 2. The van der Waals surface area contributed by atoms with Crippen LogP contribution in [0.3, 0.4) is 0 Å². The molecule has 0 bridgehead atoms. The molecule has 0 spiro atoms. The number of benzene rings is 2. The Morgan fingerprint density at radius 3 is 2.54 bits per heavy atom. The first kappa shape index (κ1) is 18.3. The van der Waals surface area contributed by atoms with Crippen molar-refractivity contribution in [3.05, 3.63) is 65.2 Å². The lowest BCUT2D eigenvalue weighted by Crippen LogP contribution is -2.39. The molecule has 0 fully saturated rings. The standard InChI is InChI=1S/C20H20F3NO2/c1-13(26-16-11-9-15(10-12-16)20(21,22)23)19(25)24-18-8-4-6-14-5-2-3-7-17(14)18/h2-3,5,7,9-13,18H,4,6,8H2,1H3,(H,24,25)/t13-,18-/m1/s1. The summed E-state index contributed by atoms with van der Waals surface area (Å²) < 4.78 is 43.3. The third-order valence-corrected chi connectivity index (χ3v) is 4.55. The van der Waals surface area contributed by atoms with E-state index < -0.39 is 17.8 Å². The molecular formula is C20H20F3NO2. The van der Waals surface area contributed by atoms with Crippen LogP contribution in [0.5, 0.6) is 5.75 Å². The molecule has 2 aromatic rings. The molecule has 0 radical (unpaired) electrons. The Balaban J connectivity index is 1.62. The molecule has 0 saturated carbocycles. The van der Waals surface area contributed by atoms with Crippen LogP contribution in [0.4, 0.5) is 13.2 Å². The Kier molecular flexibility index (Phi) is 5.20. The molecule has 1 amide bonds. The molecule has 2 aromatic carbocycles. The lowest BCUT2D eigenvalue weighted by atomic mass is 9.87. The second-order valence-electron chi connectivity index (χ2n) is 6.43. The summed E-state index contributed by atoms with van der Waals surface area (Å²) in [4.78, 5) is 12.4. The van der Waals surface area contributed by atoms with Crippen LogP contribution in [0.25, 0.3) is 0 Å². The summed E-state index contributed by atoms with van der Waals surface area (Å²) in [7, 11) is 0. The lowest BCUT2D eigenvalue weighted by Gasteiger charge is -2.27. The fourth-order valence-corrected chi connectivity index (χ4v) is 3.17. The monoisotopic (exact) mass is 363 g/mol. The van der Waals surface area contributed by atoms with E-state index in [0.717, 1.165) is 37.0 Å². The van der Waals surface area contributed by atoms with Crippen molar-refractivity contribution in [2.24, 2.45) is 0 Å². The number of halogens is 3. The minimum Gasteiger partial charge on any atom is -0.481 e. The molecule has 26 heavy (non-hydrogen) atoms. The molecule has 2 atom stereocenters. The van der Waals surface area contributed by atoms with E-state index in [9.17, 15) is 18.0 Å². The predicted molar refractivity (Wildman–Crippen MR) is 91.8 cm³/mol. The Morgan fingerprint density at radius 1 is 1.15 bits per heavy atom. The molecule has 0 saturated heterocycles. The van der Waals surface area contributed by atoms with Gasteiger partial charge in [-0.25, -0.2) is 0 Å². The SMILES string of the molecule is C[C@@H](Oc1ccc(C(F)(F)F)cc1)C(=O)N[C@@H]1CCCc2ccccc21. The van der Waals surface area contributed by atoms with Crippen molar-refractivity contribution in [2.45, 2.75) is 44.5 Å². The van der Waals surface area contributed by atoms with Crippen molar-refractivity contribution in [2.75, 3.05) is 0 Å². The van der Waals surface area contributed by atoms with Crippen LogP contribution in [0.1, 0.15) is 42.5 Å². The molecule has 0 aliphatic heterocycles. The quantitative estimate of drug-likeness (QED) is 0.858. The van der Waals surface area contributed by atoms with Crippen LogP contribution >= 0.6 is 0 Å². The maximum atomic E-state index is 12.6. The Hall–Kier alpha value is -2.50. The smallest absolute Gasteiger partial charge is 0.416 e. The number of ether oxygens (including phenoxy) is 1. The number of carbonyl (C=O) groups is 1. The first-order valence-corrected chi connectivity index (χ1v) is 8.56. The van der Waals surface area contributed by atoms with Crippen molar-refractivity contribution < 1.29 is 22.7 Å². The summed E-state index contributed by atoms with van der Waals surface area (Å²) in [6.45, 7) is 1.59. The highest BCUT2D eigenvalue weighted by molar-refractivity contribution is 5.81. The van der Waals surface area contributed by atoms with Gasteiger partial charge in [0.2, 0.25) is 0 Å². The minimum absolute atomic E-state index is 0.0638. The predicted octanol–water partition coefficient (Wildman–Crippen LogP) is 4.67. The molecule has 0 aromatic heterocycles. The number of fused-ring (bicyclic) bond motifs is 1. The first-order chi connectivity index (χ1) is 12.3. The van der Waals surface area contributed by atoms with Gasteiger partial charge in [-0.15, -0.1) is 0 Å². The van der Waals surface area contributed by atoms with Gasteiger partial charge in [0.05, 0.1) is 11.6 Å². The number of amides is 1. The molecule has 0 heterocycles. The Bertz CT molecular complexity index is 771. The van der Waals surface area contributed by atoms with Gasteiger partial charge in [-0.3, -0.25) is 4.79 Å². The highest BCUT2D eigenvalue weighted by Crippen LogP contribution is 2.31. The third-order valence-electron chi connectivity index (χ3n) is 4.55. The van der Waals surface area contributed by atoms with Crippen LogP contribution < -0.4 is 10.1 Å². The van der Waals surface area contributed by atoms with E-state index in [4.69, 9.17) is 4.74 Å². The molecule has 6 heteroatoms. The Morgan fingerprint density at radius 2 is 1.85 bits per heavy atom. The third kappa shape index (κ3) is 4.18. The van der Waals surface area contributed by atoms with Crippen LogP contribution in [0.15, 0.2) is 48.5 Å². The molecule has 3 rings (SSSR count). The molecular weight excluding hydrogens is 343 g/mol. The van der Waals surface area contributed by atoms with E-state index in [1.54, 1.807) is 6.92 Å². The molecule has 138 valence electrons. The largest absolute Gasteiger partial charge is 0.481 e. The van der Waals surface area contributed by atoms with Gasteiger partial charge in [0.25, 0.3) is 5.91 Å². The first-order valence-electron chi connectivity index (χ1n) is 8.56. The second-order valence-corrected chi connectivity index (χ2v) is 6.43. The van der Waals surface area contributed by atoms with Crippen molar-refractivity contribution in [1.82, 2.24) is 5.32 Å². The maximum Gasteiger partial charge on any atom is 0.416 e. The minimum atomic E-state index is -4.39. The molecule has 1 aliphatic carbocycles. The number of alkyl halides is 3. The van der Waals surface area contributed by atoms with E-state index >= 15 is 0 Å². The van der Waals surface area contributed by atoms with Crippen molar-refractivity contribution >= 4 is 5.91 Å². The highest BCUT2D eigenvalue weighted by atomic mass is 19.4. The van der Waals surface area contributed by atoms with Crippen LogP contribution in [0.2, 0.25) is 0 Å². The van der Waals surface area contributed by atoms with Crippen LogP contribution in [0, 0.1) is 0 Å². The molecule has 1 aliphatic rings. The van der Waals surface area contributed by atoms with Gasteiger partial charge in [0.15, 0.2) is 6.10 Å². The average molecular weight is 363 g/mol. The molecule has 1 N–H and O–H groups in total. The fourth-order valence-electron chi connectivity index (χ4n) is 3.17. The molecule has 0 unspecified atom stereocenters. The van der Waals surface area contributed by atoms with Gasteiger partial charge in [0.1, 0.15) is 5.75 Å². The molecule has 3 nitrogen and oxygen atoms in total. The number of carbonyl (C=O) groups excluding carboxylic acids is 1. The van der Waals surface area contributed by atoms with E-state index in [1.807, 2.05) is 18.2 Å². The lowest BCUT2D eigenvalue weighted by molar-refractivity contribution is -0.137. The van der Waals surface area contributed by atoms with Crippen LogP contribution in [-0.2, 0) is 17.4 Å². The number of aryl methyl sites for hydroxylation is 1. The number of rotatable bonds is 4. The summed E-state index contributed by atoms with van der Waals surface area (Å²) >= 11 is 0. The summed E-state index contributed by atoms with van der Waals surface area (Å²) in [6.07, 6.45) is -2.34. The van der Waals surface area contributed by atoms with Gasteiger partial charge in [0, 0.05) is 0 Å². The van der Waals surface area contributed by atoms with Gasteiger partial charge >= 0.3 is 6.18 Å². The summed E-state index contributed by atoms with van der Waals surface area (Å²) in [5, 5.41) is 2.99. The highest BCUT2D eigenvalue weighted by Gasteiger charge is 2.30. The van der Waals surface area contributed by atoms with E-state index in [1.165, 1.54) is 17.7 Å². The Labute approximate surface area is 150 Å². The van der Waals surface area contributed by atoms with Gasteiger partial charge in [-0.1, -0.05) is 24.3 Å².